The third kappa shape index (κ3) is 2.31. The molecule has 1 aromatic rings. The normalized spacial score (nSPS) is 35.0. The molecule has 0 radical (unpaired) electrons. The summed E-state index contributed by atoms with van der Waals surface area (Å²) in [6.45, 7) is 9.42. The van der Waals surface area contributed by atoms with Crippen LogP contribution in [0.25, 0.3) is 0 Å². The fourth-order valence-electron chi connectivity index (χ4n) is 3.67. The second-order valence-corrected chi connectivity index (χ2v) is 6.28. The van der Waals surface area contributed by atoms with E-state index in [2.05, 4.69) is 52.0 Å². The molecule has 0 amide bonds. The molecule has 0 heterocycles. The van der Waals surface area contributed by atoms with Crippen molar-refractivity contribution >= 4 is 0 Å². The van der Waals surface area contributed by atoms with Crippen molar-refractivity contribution in [1.82, 2.24) is 0 Å². The van der Waals surface area contributed by atoms with Gasteiger partial charge in [-0.05, 0) is 49.0 Å². The molecule has 88 valence electrons. The van der Waals surface area contributed by atoms with E-state index in [1.807, 2.05) is 0 Å². The van der Waals surface area contributed by atoms with Crippen LogP contribution < -0.4 is 0 Å². The lowest BCUT2D eigenvalue weighted by Gasteiger charge is -2.41. The van der Waals surface area contributed by atoms with Gasteiger partial charge in [0.1, 0.15) is 0 Å². The molecule has 0 bridgehead atoms. The monoisotopic (exact) mass is 216 g/mol. The Hall–Kier alpha value is -0.780. The number of hydrogen-bond acceptors (Lipinski definition) is 0. The van der Waals surface area contributed by atoms with Crippen molar-refractivity contribution in [1.29, 1.82) is 0 Å². The Balaban J connectivity index is 2.26. The third-order valence-electron chi connectivity index (χ3n) is 4.15. The van der Waals surface area contributed by atoms with Crippen molar-refractivity contribution in [3.05, 3.63) is 35.4 Å². The maximum absolute atomic E-state index is 2.45. The number of hydrogen-bond donors (Lipinski definition) is 0. The Bertz CT molecular complexity index is 337. The fourth-order valence-corrected chi connectivity index (χ4v) is 3.67. The largest absolute Gasteiger partial charge is 0.0625 e. The molecule has 0 nitrogen and oxygen atoms in total. The van der Waals surface area contributed by atoms with Crippen LogP contribution in [0.15, 0.2) is 24.3 Å². The molecule has 1 unspecified atom stereocenters. The Kier molecular flexibility index (Phi) is 3.10. The molecular weight excluding hydrogens is 192 g/mol. The topological polar surface area (TPSA) is 0 Å². The van der Waals surface area contributed by atoms with E-state index >= 15 is 0 Å². The van der Waals surface area contributed by atoms with E-state index in [0.29, 0.717) is 5.41 Å². The minimum absolute atomic E-state index is 0.408. The Labute approximate surface area is 100 Å². The lowest BCUT2D eigenvalue weighted by Crippen LogP contribution is -2.32. The average molecular weight is 216 g/mol. The van der Waals surface area contributed by atoms with Crippen molar-refractivity contribution in [2.45, 2.75) is 52.4 Å². The highest BCUT2D eigenvalue weighted by Gasteiger charge is 2.34. The zero-order valence-electron chi connectivity index (χ0n) is 11.1. The van der Waals surface area contributed by atoms with Gasteiger partial charge in [0.25, 0.3) is 0 Å². The molecule has 0 N–H and O–H groups in total. The molecule has 0 heteroatoms. The van der Waals surface area contributed by atoms with Crippen LogP contribution >= 0.6 is 0 Å². The Morgan fingerprint density at radius 2 is 1.50 bits per heavy atom. The number of rotatable bonds is 1. The Morgan fingerprint density at radius 3 is 2.00 bits per heavy atom. The summed E-state index contributed by atoms with van der Waals surface area (Å²) < 4.78 is 0. The van der Waals surface area contributed by atoms with Crippen LogP contribution in [-0.2, 0) is 5.41 Å². The first kappa shape index (κ1) is 11.7. The van der Waals surface area contributed by atoms with Crippen molar-refractivity contribution in [2.24, 2.45) is 11.8 Å². The molecule has 3 atom stereocenters. The minimum Gasteiger partial charge on any atom is -0.0625 e. The summed E-state index contributed by atoms with van der Waals surface area (Å²) in [6, 6.07) is 9.18. The van der Waals surface area contributed by atoms with E-state index in [4.69, 9.17) is 0 Å². The second kappa shape index (κ2) is 4.24. The lowest BCUT2D eigenvalue weighted by molar-refractivity contribution is 0.194. The molecule has 16 heavy (non-hydrogen) atoms. The SMILES string of the molecule is Cc1ccc(C2(C)C[C@H](C)C[C@H](C)C2)cc1. The predicted octanol–water partition coefficient (Wildman–Crippen LogP) is 4.71. The summed E-state index contributed by atoms with van der Waals surface area (Å²) >= 11 is 0. The van der Waals surface area contributed by atoms with Crippen molar-refractivity contribution in [3.63, 3.8) is 0 Å². The minimum atomic E-state index is 0.408. The first-order valence-corrected chi connectivity index (χ1v) is 6.57. The second-order valence-electron chi connectivity index (χ2n) is 6.28. The first-order valence-electron chi connectivity index (χ1n) is 6.57. The number of benzene rings is 1. The van der Waals surface area contributed by atoms with Gasteiger partial charge in [-0.3, -0.25) is 0 Å². The van der Waals surface area contributed by atoms with Gasteiger partial charge in [0.05, 0.1) is 0 Å². The molecule has 0 aromatic heterocycles. The van der Waals surface area contributed by atoms with E-state index in [-0.39, 0.29) is 0 Å². The summed E-state index contributed by atoms with van der Waals surface area (Å²) in [5, 5.41) is 0. The highest BCUT2D eigenvalue weighted by Crippen LogP contribution is 2.43. The van der Waals surface area contributed by atoms with Crippen LogP contribution in [-0.4, -0.2) is 0 Å². The van der Waals surface area contributed by atoms with E-state index in [0.717, 1.165) is 11.8 Å². The molecule has 1 fully saturated rings. The molecule has 1 saturated carbocycles. The first-order chi connectivity index (χ1) is 7.49. The summed E-state index contributed by atoms with van der Waals surface area (Å²) in [5.74, 6) is 1.74. The molecule has 1 aliphatic rings. The summed E-state index contributed by atoms with van der Waals surface area (Å²) in [6.07, 6.45) is 4.10. The van der Waals surface area contributed by atoms with Gasteiger partial charge in [-0.15, -0.1) is 0 Å². The van der Waals surface area contributed by atoms with Crippen LogP contribution in [0.4, 0.5) is 0 Å². The third-order valence-corrected chi connectivity index (χ3v) is 4.15. The van der Waals surface area contributed by atoms with Gasteiger partial charge >= 0.3 is 0 Å². The van der Waals surface area contributed by atoms with Crippen LogP contribution in [0.5, 0.6) is 0 Å². The summed E-state index contributed by atoms with van der Waals surface area (Å²) in [7, 11) is 0. The van der Waals surface area contributed by atoms with Crippen LogP contribution in [0.1, 0.15) is 51.2 Å². The standard InChI is InChI=1S/C16H24/c1-12-5-7-15(8-6-12)16(4)10-13(2)9-14(3)11-16/h5-8,13-14H,9-11H2,1-4H3/t13-,14+,16?. The van der Waals surface area contributed by atoms with E-state index < -0.39 is 0 Å². The molecule has 0 saturated heterocycles. The van der Waals surface area contributed by atoms with Gasteiger partial charge < -0.3 is 0 Å². The van der Waals surface area contributed by atoms with Gasteiger partial charge in [-0.2, -0.15) is 0 Å². The molecule has 0 aliphatic heterocycles. The van der Waals surface area contributed by atoms with Crippen LogP contribution in [0.2, 0.25) is 0 Å². The van der Waals surface area contributed by atoms with Gasteiger partial charge in [0.2, 0.25) is 0 Å². The predicted molar refractivity (Wildman–Crippen MR) is 70.7 cm³/mol. The molecule has 1 aromatic carbocycles. The molecular formula is C16H24. The average Bonchev–Trinajstić information content (AvgIpc) is 2.16. The van der Waals surface area contributed by atoms with Crippen molar-refractivity contribution in [2.75, 3.05) is 0 Å². The van der Waals surface area contributed by atoms with E-state index in [1.54, 1.807) is 0 Å². The van der Waals surface area contributed by atoms with E-state index in [9.17, 15) is 0 Å². The molecule has 2 rings (SSSR count). The van der Waals surface area contributed by atoms with Gasteiger partial charge in [0.15, 0.2) is 0 Å². The van der Waals surface area contributed by atoms with Crippen molar-refractivity contribution in [3.8, 4) is 0 Å². The molecule has 1 aliphatic carbocycles. The smallest absolute Gasteiger partial charge is 0.00702 e. The summed E-state index contributed by atoms with van der Waals surface area (Å²) in [5.41, 5.74) is 3.31. The van der Waals surface area contributed by atoms with E-state index in [1.165, 1.54) is 30.4 Å². The van der Waals surface area contributed by atoms with Crippen molar-refractivity contribution < 1.29 is 0 Å². The van der Waals surface area contributed by atoms with Gasteiger partial charge in [0, 0.05) is 0 Å². The fraction of sp³-hybridized carbons (Fsp3) is 0.625. The lowest BCUT2D eigenvalue weighted by atomic mass is 9.64. The maximum Gasteiger partial charge on any atom is -0.00702 e. The van der Waals surface area contributed by atoms with Gasteiger partial charge in [-0.25, -0.2) is 0 Å². The van der Waals surface area contributed by atoms with Gasteiger partial charge in [-0.1, -0.05) is 50.6 Å². The maximum atomic E-state index is 2.45. The summed E-state index contributed by atoms with van der Waals surface area (Å²) in [4.78, 5) is 0. The highest BCUT2D eigenvalue weighted by atomic mass is 14.4. The van der Waals surface area contributed by atoms with Crippen LogP contribution in [0.3, 0.4) is 0 Å². The highest BCUT2D eigenvalue weighted by molar-refractivity contribution is 5.28. The molecule has 0 spiro atoms. The zero-order chi connectivity index (χ0) is 11.8. The zero-order valence-corrected chi connectivity index (χ0v) is 11.1. The Morgan fingerprint density at radius 1 is 1.00 bits per heavy atom. The quantitative estimate of drug-likeness (QED) is 0.638. The van der Waals surface area contributed by atoms with Crippen LogP contribution in [0, 0.1) is 18.8 Å². The number of aryl methyl sites for hydroxylation is 1.